The molecule has 8 heteroatoms. The van der Waals surface area contributed by atoms with Crippen molar-refractivity contribution < 1.29 is 22.7 Å². The Kier molecular flexibility index (Phi) is 5.84. The van der Waals surface area contributed by atoms with E-state index in [2.05, 4.69) is 11.9 Å². The highest BCUT2D eigenvalue weighted by atomic mass is 32.2. The first kappa shape index (κ1) is 21.1. The number of sulfone groups is 1. The summed E-state index contributed by atoms with van der Waals surface area (Å²) in [6.45, 7) is 3.99. The van der Waals surface area contributed by atoms with Crippen LogP contribution in [0.5, 0.6) is 11.5 Å². The van der Waals surface area contributed by atoms with E-state index in [0.29, 0.717) is 23.8 Å². The fourth-order valence-electron chi connectivity index (χ4n) is 3.57. The summed E-state index contributed by atoms with van der Waals surface area (Å²) in [5, 5.41) is 4.38. The molecule has 1 atom stereocenters. The molecule has 0 spiro atoms. The maximum atomic E-state index is 13.2. The monoisotopic (exact) mass is 455 g/mol. The lowest BCUT2D eigenvalue weighted by atomic mass is 9.90. The maximum Gasteiger partial charge on any atom is 0.225 e. The molecule has 0 radical (unpaired) electrons. The highest BCUT2D eigenvalue weighted by Gasteiger charge is 2.34. The van der Waals surface area contributed by atoms with Crippen LogP contribution in [-0.2, 0) is 14.6 Å². The molecule has 0 bridgehead atoms. The van der Waals surface area contributed by atoms with E-state index < -0.39 is 9.84 Å². The Morgan fingerprint density at radius 1 is 1.19 bits per heavy atom. The maximum absolute atomic E-state index is 13.2. The van der Waals surface area contributed by atoms with Gasteiger partial charge in [-0.25, -0.2) is 8.42 Å². The van der Waals surface area contributed by atoms with Gasteiger partial charge in [0.05, 0.1) is 17.7 Å². The minimum Gasteiger partial charge on any atom is -0.493 e. The van der Waals surface area contributed by atoms with Crippen molar-refractivity contribution >= 4 is 32.8 Å². The van der Waals surface area contributed by atoms with Crippen LogP contribution in [0.25, 0.3) is 0 Å². The first-order valence-corrected chi connectivity index (χ1v) is 11.9. The zero-order valence-electron chi connectivity index (χ0n) is 16.8. The molecule has 3 aromatic rings. The van der Waals surface area contributed by atoms with Gasteiger partial charge in [0.2, 0.25) is 15.7 Å². The van der Waals surface area contributed by atoms with Crippen molar-refractivity contribution in [2.24, 2.45) is 0 Å². The number of nitrogens with one attached hydrogen (secondary N) is 1. The topological polar surface area (TPSA) is 81.7 Å². The lowest BCUT2D eigenvalue weighted by Crippen LogP contribution is -2.23. The Bertz CT molecular complexity index is 1230. The van der Waals surface area contributed by atoms with Crippen molar-refractivity contribution in [3.05, 3.63) is 77.0 Å². The number of methoxy groups -OCH3 is 1. The molecule has 0 saturated carbocycles. The van der Waals surface area contributed by atoms with Crippen molar-refractivity contribution in [1.29, 1.82) is 0 Å². The van der Waals surface area contributed by atoms with E-state index in [1.54, 1.807) is 55.0 Å². The summed E-state index contributed by atoms with van der Waals surface area (Å²) in [5.41, 5.74) is 1.21. The quantitative estimate of drug-likeness (QED) is 0.526. The molecule has 1 amide bonds. The third-order valence-electron chi connectivity index (χ3n) is 5.05. The third-order valence-corrected chi connectivity index (χ3v) is 8.09. The van der Waals surface area contributed by atoms with Gasteiger partial charge in [0, 0.05) is 22.6 Å². The van der Waals surface area contributed by atoms with Gasteiger partial charge in [0.1, 0.15) is 11.5 Å². The number of benzene rings is 2. The largest absolute Gasteiger partial charge is 0.493 e. The highest BCUT2D eigenvalue weighted by molar-refractivity contribution is 7.91. The second-order valence-corrected chi connectivity index (χ2v) is 9.80. The van der Waals surface area contributed by atoms with Crippen LogP contribution in [0.3, 0.4) is 0 Å². The smallest absolute Gasteiger partial charge is 0.225 e. The van der Waals surface area contributed by atoms with Crippen molar-refractivity contribution in [1.82, 2.24) is 0 Å². The standard InChI is InChI=1S/C23H21NO5S2/c1-3-11-29-18-10-9-15(12-19(18)28-2)17-13-21(25)24-22-20(14-30-23(17)22)31(26,27)16-7-5-4-6-8-16/h3-10,12,14,17H,1,11,13H2,2H3,(H,24,25)/t17-/m0/s1. The lowest BCUT2D eigenvalue weighted by Gasteiger charge is -2.24. The average Bonchev–Trinajstić information content (AvgIpc) is 3.22. The number of carbonyl (C=O) groups is 1. The zero-order chi connectivity index (χ0) is 22.0. The van der Waals surface area contributed by atoms with E-state index in [4.69, 9.17) is 9.47 Å². The number of amides is 1. The van der Waals surface area contributed by atoms with Gasteiger partial charge >= 0.3 is 0 Å². The van der Waals surface area contributed by atoms with Gasteiger partial charge in [-0.3, -0.25) is 4.79 Å². The van der Waals surface area contributed by atoms with E-state index in [1.807, 2.05) is 12.1 Å². The van der Waals surface area contributed by atoms with E-state index in [9.17, 15) is 13.2 Å². The normalized spacial score (nSPS) is 15.6. The number of carbonyl (C=O) groups excluding carboxylic acids is 1. The molecule has 1 aliphatic rings. The molecule has 0 saturated heterocycles. The molecule has 160 valence electrons. The summed E-state index contributed by atoms with van der Waals surface area (Å²) >= 11 is 1.33. The molecular formula is C23H21NO5S2. The molecule has 1 aromatic heterocycles. The molecular weight excluding hydrogens is 434 g/mol. The molecule has 1 aliphatic heterocycles. The Morgan fingerprint density at radius 3 is 2.68 bits per heavy atom. The Hall–Kier alpha value is -3.10. The summed E-state index contributed by atoms with van der Waals surface area (Å²) in [6, 6.07) is 13.7. The lowest BCUT2D eigenvalue weighted by molar-refractivity contribution is -0.116. The number of hydrogen-bond acceptors (Lipinski definition) is 6. The van der Waals surface area contributed by atoms with Gasteiger partial charge in [-0.15, -0.1) is 11.3 Å². The van der Waals surface area contributed by atoms with Gasteiger partial charge in [0.25, 0.3) is 0 Å². The molecule has 1 N–H and O–H groups in total. The Morgan fingerprint density at radius 2 is 1.97 bits per heavy atom. The first-order chi connectivity index (χ1) is 15.0. The molecule has 31 heavy (non-hydrogen) atoms. The van der Waals surface area contributed by atoms with Gasteiger partial charge in [-0.1, -0.05) is 36.9 Å². The summed E-state index contributed by atoms with van der Waals surface area (Å²) < 4.78 is 37.4. The van der Waals surface area contributed by atoms with Crippen molar-refractivity contribution in [3.63, 3.8) is 0 Å². The highest BCUT2D eigenvalue weighted by Crippen LogP contribution is 2.46. The molecule has 0 aliphatic carbocycles. The summed E-state index contributed by atoms with van der Waals surface area (Å²) in [5.74, 6) is 0.605. The number of thiophene rings is 1. The summed E-state index contributed by atoms with van der Waals surface area (Å²) in [6.07, 6.45) is 1.86. The van der Waals surface area contributed by atoms with Crippen LogP contribution < -0.4 is 14.8 Å². The number of rotatable bonds is 7. The van der Waals surface area contributed by atoms with E-state index in [-0.39, 0.29) is 28.0 Å². The molecule has 4 rings (SSSR count). The average molecular weight is 456 g/mol. The molecule has 2 heterocycles. The molecule has 0 unspecified atom stereocenters. The zero-order valence-corrected chi connectivity index (χ0v) is 18.5. The SMILES string of the molecule is C=CCOc1ccc([C@@H]2CC(=O)Nc3c(S(=O)(=O)c4ccccc4)csc32)cc1OC. The number of fused-ring (bicyclic) bond motifs is 1. The van der Waals surface area contributed by atoms with Crippen molar-refractivity contribution in [2.75, 3.05) is 19.0 Å². The van der Waals surface area contributed by atoms with Crippen LogP contribution in [0.2, 0.25) is 0 Å². The van der Waals surface area contributed by atoms with Crippen LogP contribution in [0, 0.1) is 0 Å². The summed E-state index contributed by atoms with van der Waals surface area (Å²) in [4.78, 5) is 13.6. The van der Waals surface area contributed by atoms with Gasteiger partial charge in [0.15, 0.2) is 11.5 Å². The Balaban J connectivity index is 1.76. The Labute approximate surface area is 185 Å². The minimum atomic E-state index is -3.75. The minimum absolute atomic E-state index is 0.120. The van der Waals surface area contributed by atoms with E-state index in [1.165, 1.54) is 11.3 Å². The van der Waals surface area contributed by atoms with Crippen molar-refractivity contribution in [3.8, 4) is 11.5 Å². The fraction of sp³-hybridized carbons (Fsp3) is 0.174. The van der Waals surface area contributed by atoms with Crippen LogP contribution in [0.1, 0.15) is 22.8 Å². The van der Waals surface area contributed by atoms with E-state index >= 15 is 0 Å². The number of ether oxygens (including phenoxy) is 2. The number of anilines is 1. The van der Waals surface area contributed by atoms with Crippen LogP contribution in [0.4, 0.5) is 5.69 Å². The van der Waals surface area contributed by atoms with E-state index in [0.717, 1.165) is 10.4 Å². The van der Waals surface area contributed by atoms with Crippen molar-refractivity contribution in [2.45, 2.75) is 22.1 Å². The fourth-order valence-corrected chi connectivity index (χ4v) is 6.50. The van der Waals surface area contributed by atoms with Gasteiger partial charge < -0.3 is 14.8 Å². The first-order valence-electron chi connectivity index (χ1n) is 9.58. The van der Waals surface area contributed by atoms with Crippen LogP contribution >= 0.6 is 11.3 Å². The van der Waals surface area contributed by atoms with Crippen LogP contribution in [-0.4, -0.2) is 28.0 Å². The molecule has 6 nitrogen and oxygen atoms in total. The number of hydrogen-bond donors (Lipinski definition) is 1. The predicted octanol–water partition coefficient (Wildman–Crippen LogP) is 4.63. The second kappa shape index (κ2) is 8.56. The third kappa shape index (κ3) is 3.96. The molecule has 2 aromatic carbocycles. The van der Waals surface area contributed by atoms with Gasteiger partial charge in [-0.2, -0.15) is 0 Å². The molecule has 0 fully saturated rings. The predicted molar refractivity (Wildman–Crippen MR) is 120 cm³/mol. The summed E-state index contributed by atoms with van der Waals surface area (Å²) in [7, 11) is -2.20. The second-order valence-electron chi connectivity index (χ2n) is 6.97. The van der Waals surface area contributed by atoms with Crippen LogP contribution in [0.15, 0.2) is 76.4 Å². The van der Waals surface area contributed by atoms with Gasteiger partial charge in [-0.05, 0) is 29.8 Å².